The molecule has 4 rings (SSSR count). The number of hydrogen-bond donors (Lipinski definition) is 3. The van der Waals surface area contributed by atoms with Crippen LogP contribution < -0.4 is 10.6 Å². The number of rotatable bonds is 6. The molecular formula is C21H19N5O. The van der Waals surface area contributed by atoms with Crippen LogP contribution in [-0.4, -0.2) is 27.4 Å². The molecule has 2 aromatic carbocycles. The zero-order valence-electron chi connectivity index (χ0n) is 14.6. The van der Waals surface area contributed by atoms with Gasteiger partial charge in [-0.1, -0.05) is 24.3 Å². The lowest BCUT2D eigenvalue weighted by Gasteiger charge is -2.07. The SMILES string of the molecule is O=C(NCCc1ccccn1)c1cccc(Nc2nc3ccccc3[nH]2)c1. The molecule has 6 nitrogen and oxygen atoms in total. The predicted octanol–water partition coefficient (Wildman–Crippen LogP) is 3.67. The van der Waals surface area contributed by atoms with Crippen molar-refractivity contribution in [2.45, 2.75) is 6.42 Å². The first-order valence-corrected chi connectivity index (χ1v) is 8.78. The molecule has 0 fully saturated rings. The number of H-pyrrole nitrogens is 1. The summed E-state index contributed by atoms with van der Waals surface area (Å²) in [7, 11) is 0. The molecule has 2 heterocycles. The van der Waals surface area contributed by atoms with Gasteiger partial charge in [0.05, 0.1) is 11.0 Å². The molecule has 0 atom stereocenters. The number of hydrogen-bond acceptors (Lipinski definition) is 4. The Bertz CT molecular complexity index is 1030. The molecule has 0 unspecified atom stereocenters. The Labute approximate surface area is 156 Å². The van der Waals surface area contributed by atoms with Crippen LogP contribution in [-0.2, 0) is 6.42 Å². The molecule has 4 aromatic rings. The van der Waals surface area contributed by atoms with Crippen LogP contribution in [0.25, 0.3) is 11.0 Å². The molecule has 2 aromatic heterocycles. The van der Waals surface area contributed by atoms with Crippen LogP contribution in [0.15, 0.2) is 72.9 Å². The van der Waals surface area contributed by atoms with Gasteiger partial charge in [-0.2, -0.15) is 0 Å². The van der Waals surface area contributed by atoms with Crippen LogP contribution in [0.2, 0.25) is 0 Å². The van der Waals surface area contributed by atoms with E-state index in [1.54, 1.807) is 12.3 Å². The van der Waals surface area contributed by atoms with Crippen LogP contribution in [0.3, 0.4) is 0 Å². The third kappa shape index (κ3) is 4.12. The van der Waals surface area contributed by atoms with Crippen molar-refractivity contribution in [2.24, 2.45) is 0 Å². The second kappa shape index (κ2) is 7.70. The Morgan fingerprint density at radius 1 is 1.00 bits per heavy atom. The first-order chi connectivity index (χ1) is 13.3. The van der Waals surface area contributed by atoms with E-state index in [9.17, 15) is 4.79 Å². The molecule has 27 heavy (non-hydrogen) atoms. The Balaban J connectivity index is 1.40. The molecule has 0 aliphatic rings. The van der Waals surface area contributed by atoms with Crippen molar-refractivity contribution in [3.05, 3.63) is 84.2 Å². The van der Waals surface area contributed by atoms with E-state index in [1.807, 2.05) is 60.7 Å². The highest BCUT2D eigenvalue weighted by atomic mass is 16.1. The van der Waals surface area contributed by atoms with E-state index in [1.165, 1.54) is 0 Å². The molecule has 0 aliphatic carbocycles. The zero-order valence-corrected chi connectivity index (χ0v) is 14.6. The van der Waals surface area contributed by atoms with E-state index in [0.717, 1.165) is 22.4 Å². The number of carbonyl (C=O) groups is 1. The van der Waals surface area contributed by atoms with Crippen molar-refractivity contribution in [2.75, 3.05) is 11.9 Å². The first kappa shape index (κ1) is 16.8. The average Bonchev–Trinajstić information content (AvgIpc) is 3.11. The second-order valence-electron chi connectivity index (χ2n) is 6.14. The minimum atomic E-state index is -0.112. The van der Waals surface area contributed by atoms with Crippen LogP contribution in [0.4, 0.5) is 11.6 Å². The first-order valence-electron chi connectivity index (χ1n) is 8.78. The number of para-hydroxylation sites is 2. The summed E-state index contributed by atoms with van der Waals surface area (Å²) < 4.78 is 0. The van der Waals surface area contributed by atoms with Gasteiger partial charge in [0.2, 0.25) is 5.95 Å². The number of aromatic nitrogens is 3. The molecule has 0 aliphatic heterocycles. The number of anilines is 2. The van der Waals surface area contributed by atoms with Gasteiger partial charge in [0.15, 0.2) is 0 Å². The minimum absolute atomic E-state index is 0.112. The van der Waals surface area contributed by atoms with Crippen molar-refractivity contribution in [1.29, 1.82) is 0 Å². The Hall–Kier alpha value is -3.67. The molecule has 1 amide bonds. The van der Waals surface area contributed by atoms with E-state index in [4.69, 9.17) is 0 Å². The summed E-state index contributed by atoms with van der Waals surface area (Å²) >= 11 is 0. The van der Waals surface area contributed by atoms with Crippen LogP contribution in [0, 0.1) is 0 Å². The van der Waals surface area contributed by atoms with E-state index in [-0.39, 0.29) is 5.91 Å². The monoisotopic (exact) mass is 357 g/mol. The third-order valence-electron chi connectivity index (χ3n) is 4.17. The van der Waals surface area contributed by atoms with Gasteiger partial charge in [-0.3, -0.25) is 9.78 Å². The highest BCUT2D eigenvalue weighted by Crippen LogP contribution is 2.19. The largest absolute Gasteiger partial charge is 0.352 e. The molecule has 0 saturated heterocycles. The fourth-order valence-electron chi connectivity index (χ4n) is 2.84. The number of imidazole rings is 1. The predicted molar refractivity (Wildman–Crippen MR) is 106 cm³/mol. The smallest absolute Gasteiger partial charge is 0.251 e. The van der Waals surface area contributed by atoms with Crippen LogP contribution in [0.5, 0.6) is 0 Å². The number of nitrogens with one attached hydrogen (secondary N) is 3. The number of amides is 1. The Morgan fingerprint density at radius 3 is 2.74 bits per heavy atom. The van der Waals surface area contributed by atoms with Crippen molar-refractivity contribution in [3.63, 3.8) is 0 Å². The molecule has 0 bridgehead atoms. The molecule has 0 spiro atoms. The number of nitrogens with zero attached hydrogens (tertiary/aromatic N) is 2. The van der Waals surface area contributed by atoms with Gasteiger partial charge in [0.1, 0.15) is 0 Å². The molecule has 0 radical (unpaired) electrons. The quantitative estimate of drug-likeness (QED) is 0.492. The Kier molecular flexibility index (Phi) is 4.78. The summed E-state index contributed by atoms with van der Waals surface area (Å²) in [6.07, 6.45) is 2.45. The zero-order chi connectivity index (χ0) is 18.5. The van der Waals surface area contributed by atoms with Crippen molar-refractivity contribution >= 4 is 28.6 Å². The van der Waals surface area contributed by atoms with Gasteiger partial charge >= 0.3 is 0 Å². The number of pyridine rings is 1. The second-order valence-corrected chi connectivity index (χ2v) is 6.14. The number of carbonyl (C=O) groups excluding carboxylic acids is 1. The maximum Gasteiger partial charge on any atom is 0.251 e. The summed E-state index contributed by atoms with van der Waals surface area (Å²) in [6.45, 7) is 0.539. The van der Waals surface area contributed by atoms with E-state index in [2.05, 4.69) is 25.6 Å². The van der Waals surface area contributed by atoms with Gasteiger partial charge in [-0.15, -0.1) is 0 Å². The average molecular weight is 357 g/mol. The fraction of sp³-hybridized carbons (Fsp3) is 0.0952. The highest BCUT2D eigenvalue weighted by molar-refractivity contribution is 5.95. The third-order valence-corrected chi connectivity index (χ3v) is 4.17. The van der Waals surface area contributed by atoms with Crippen molar-refractivity contribution < 1.29 is 4.79 Å². The highest BCUT2D eigenvalue weighted by Gasteiger charge is 2.07. The summed E-state index contributed by atoms with van der Waals surface area (Å²) in [6, 6.07) is 20.9. The summed E-state index contributed by atoms with van der Waals surface area (Å²) in [5.74, 6) is 0.531. The van der Waals surface area contributed by atoms with Gasteiger partial charge in [0.25, 0.3) is 5.91 Å². The maximum absolute atomic E-state index is 12.4. The topological polar surface area (TPSA) is 82.7 Å². The molecule has 6 heteroatoms. The maximum atomic E-state index is 12.4. The van der Waals surface area contributed by atoms with E-state index in [0.29, 0.717) is 24.5 Å². The Morgan fingerprint density at radius 2 is 1.89 bits per heavy atom. The van der Waals surface area contributed by atoms with E-state index < -0.39 is 0 Å². The fourth-order valence-corrected chi connectivity index (χ4v) is 2.84. The van der Waals surface area contributed by atoms with Crippen LogP contribution in [0.1, 0.15) is 16.1 Å². The van der Waals surface area contributed by atoms with Crippen molar-refractivity contribution in [1.82, 2.24) is 20.3 Å². The lowest BCUT2D eigenvalue weighted by molar-refractivity contribution is 0.0954. The lowest BCUT2D eigenvalue weighted by atomic mass is 10.2. The molecule has 0 saturated carbocycles. The lowest BCUT2D eigenvalue weighted by Crippen LogP contribution is -2.25. The van der Waals surface area contributed by atoms with Crippen LogP contribution >= 0.6 is 0 Å². The van der Waals surface area contributed by atoms with E-state index >= 15 is 0 Å². The minimum Gasteiger partial charge on any atom is -0.352 e. The van der Waals surface area contributed by atoms with Crippen molar-refractivity contribution in [3.8, 4) is 0 Å². The number of aromatic amines is 1. The number of benzene rings is 2. The summed E-state index contributed by atoms with van der Waals surface area (Å²) in [5, 5.41) is 6.14. The molecule has 3 N–H and O–H groups in total. The summed E-state index contributed by atoms with van der Waals surface area (Å²) in [4.78, 5) is 24.4. The van der Waals surface area contributed by atoms with Gasteiger partial charge in [-0.05, 0) is 42.5 Å². The molecular weight excluding hydrogens is 338 g/mol. The standard InChI is InChI=1S/C21H19N5O/c27-20(23-13-11-16-7-3-4-12-22-16)15-6-5-8-17(14-15)24-21-25-18-9-1-2-10-19(18)26-21/h1-10,12,14H,11,13H2,(H,23,27)(H2,24,25,26). The van der Waals surface area contributed by atoms with Gasteiger partial charge < -0.3 is 15.6 Å². The number of fused-ring (bicyclic) bond motifs is 1. The van der Waals surface area contributed by atoms with Gasteiger partial charge in [-0.25, -0.2) is 4.98 Å². The molecule has 134 valence electrons. The van der Waals surface area contributed by atoms with Gasteiger partial charge in [0, 0.05) is 36.1 Å². The summed E-state index contributed by atoms with van der Waals surface area (Å²) in [5.41, 5.74) is 4.20. The normalized spacial score (nSPS) is 10.7.